The largest absolute Gasteiger partial charge is 0.373 e. The van der Waals surface area contributed by atoms with Gasteiger partial charge in [0.25, 0.3) is 5.91 Å². The molecule has 3 rings (SSSR count). The van der Waals surface area contributed by atoms with Crippen molar-refractivity contribution in [2.24, 2.45) is 0 Å². The highest BCUT2D eigenvalue weighted by atomic mass is 16.5. The molecule has 2 unspecified atom stereocenters. The molecule has 1 aromatic heterocycles. The van der Waals surface area contributed by atoms with E-state index in [-0.39, 0.29) is 18.1 Å². The second-order valence-corrected chi connectivity index (χ2v) is 6.64. The van der Waals surface area contributed by atoms with Crippen LogP contribution in [0.25, 0.3) is 5.69 Å². The van der Waals surface area contributed by atoms with Gasteiger partial charge in [0.15, 0.2) is 0 Å². The molecular formula is C19H26N4O2. The van der Waals surface area contributed by atoms with Gasteiger partial charge in [0.1, 0.15) is 0 Å². The lowest BCUT2D eigenvalue weighted by molar-refractivity contribution is -0.0679. The fraction of sp³-hybridized carbons (Fsp3) is 0.474. The maximum absolute atomic E-state index is 12.2. The van der Waals surface area contributed by atoms with Gasteiger partial charge in [-0.15, -0.1) is 0 Å². The zero-order valence-corrected chi connectivity index (χ0v) is 14.9. The van der Waals surface area contributed by atoms with E-state index in [0.717, 1.165) is 31.7 Å². The molecule has 0 radical (unpaired) electrons. The molecule has 1 saturated heterocycles. The summed E-state index contributed by atoms with van der Waals surface area (Å²) in [5, 5.41) is 7.24. The third-order valence-corrected chi connectivity index (χ3v) is 4.30. The Hall–Kier alpha value is -2.18. The van der Waals surface area contributed by atoms with Crippen molar-refractivity contribution in [1.29, 1.82) is 0 Å². The molecule has 1 fully saturated rings. The fourth-order valence-corrected chi connectivity index (χ4v) is 3.24. The Morgan fingerprint density at radius 2 is 1.96 bits per heavy atom. The van der Waals surface area contributed by atoms with Crippen LogP contribution in [0.15, 0.2) is 42.7 Å². The second kappa shape index (κ2) is 8.27. The Morgan fingerprint density at radius 1 is 1.24 bits per heavy atom. The second-order valence-electron chi connectivity index (χ2n) is 6.64. The van der Waals surface area contributed by atoms with Gasteiger partial charge in [0.05, 0.1) is 29.7 Å². The number of amides is 1. The standard InChI is InChI=1S/C19H26N4O2/c1-15-12-22(13-16(2)25-15)10-6-9-20-19(24)17-11-21-23(14-17)18-7-4-3-5-8-18/h3-5,7-8,11,14-16H,6,9-10,12-13H2,1-2H3,(H,20,24). The number of carbonyl (C=O) groups is 1. The average molecular weight is 342 g/mol. The highest BCUT2D eigenvalue weighted by Crippen LogP contribution is 2.11. The predicted octanol–water partition coefficient (Wildman–Crippen LogP) is 2.10. The van der Waals surface area contributed by atoms with E-state index < -0.39 is 0 Å². The monoisotopic (exact) mass is 342 g/mol. The van der Waals surface area contributed by atoms with Crippen molar-refractivity contribution < 1.29 is 9.53 Å². The first kappa shape index (κ1) is 17.6. The molecule has 134 valence electrons. The molecular weight excluding hydrogens is 316 g/mol. The zero-order valence-electron chi connectivity index (χ0n) is 14.9. The van der Waals surface area contributed by atoms with Gasteiger partial charge < -0.3 is 10.1 Å². The maximum atomic E-state index is 12.2. The van der Waals surface area contributed by atoms with Crippen molar-refractivity contribution in [2.75, 3.05) is 26.2 Å². The van der Waals surface area contributed by atoms with E-state index >= 15 is 0 Å². The minimum atomic E-state index is -0.0779. The van der Waals surface area contributed by atoms with E-state index in [1.54, 1.807) is 17.1 Å². The van der Waals surface area contributed by atoms with Gasteiger partial charge in [0.2, 0.25) is 0 Å². The van der Waals surface area contributed by atoms with Crippen LogP contribution in [0, 0.1) is 0 Å². The molecule has 25 heavy (non-hydrogen) atoms. The predicted molar refractivity (Wildman–Crippen MR) is 97.0 cm³/mol. The quantitative estimate of drug-likeness (QED) is 0.817. The summed E-state index contributed by atoms with van der Waals surface area (Å²) in [5.74, 6) is -0.0779. The minimum Gasteiger partial charge on any atom is -0.373 e. The summed E-state index contributed by atoms with van der Waals surface area (Å²) < 4.78 is 7.45. The molecule has 1 aliphatic rings. The van der Waals surface area contributed by atoms with Crippen molar-refractivity contribution in [3.63, 3.8) is 0 Å². The van der Waals surface area contributed by atoms with E-state index in [4.69, 9.17) is 4.74 Å². The third kappa shape index (κ3) is 4.90. The number of rotatable bonds is 6. The fourth-order valence-electron chi connectivity index (χ4n) is 3.24. The summed E-state index contributed by atoms with van der Waals surface area (Å²) in [6.07, 6.45) is 4.85. The van der Waals surface area contributed by atoms with Gasteiger partial charge >= 0.3 is 0 Å². The van der Waals surface area contributed by atoms with Gasteiger partial charge in [0, 0.05) is 32.4 Å². The summed E-state index contributed by atoms with van der Waals surface area (Å²) in [5.41, 5.74) is 1.52. The molecule has 1 amide bonds. The van der Waals surface area contributed by atoms with E-state index in [1.165, 1.54) is 0 Å². The Balaban J connectivity index is 1.43. The molecule has 0 spiro atoms. The number of hydrogen-bond donors (Lipinski definition) is 1. The molecule has 0 bridgehead atoms. The van der Waals surface area contributed by atoms with Crippen LogP contribution < -0.4 is 5.32 Å². The number of hydrogen-bond acceptors (Lipinski definition) is 4. The highest BCUT2D eigenvalue weighted by Gasteiger charge is 2.21. The Morgan fingerprint density at radius 3 is 2.68 bits per heavy atom. The van der Waals surface area contributed by atoms with Gasteiger partial charge in [-0.25, -0.2) is 4.68 Å². The number of morpholine rings is 1. The van der Waals surface area contributed by atoms with E-state index in [2.05, 4.69) is 29.2 Å². The lowest BCUT2D eigenvalue weighted by Gasteiger charge is -2.35. The van der Waals surface area contributed by atoms with Crippen LogP contribution in [0.3, 0.4) is 0 Å². The van der Waals surface area contributed by atoms with Crippen molar-refractivity contribution >= 4 is 5.91 Å². The third-order valence-electron chi connectivity index (χ3n) is 4.30. The summed E-state index contributed by atoms with van der Waals surface area (Å²) in [6, 6.07) is 9.77. The maximum Gasteiger partial charge on any atom is 0.254 e. The molecule has 1 aliphatic heterocycles. The van der Waals surface area contributed by atoms with Crippen molar-refractivity contribution in [1.82, 2.24) is 20.0 Å². The van der Waals surface area contributed by atoms with E-state index in [1.807, 2.05) is 30.3 Å². The number of benzene rings is 1. The molecule has 2 heterocycles. The van der Waals surface area contributed by atoms with Crippen LogP contribution in [0.4, 0.5) is 0 Å². The SMILES string of the molecule is CC1CN(CCCNC(=O)c2cnn(-c3ccccc3)c2)CC(C)O1. The van der Waals surface area contributed by atoms with Crippen molar-refractivity contribution in [2.45, 2.75) is 32.5 Å². The lowest BCUT2D eigenvalue weighted by Crippen LogP contribution is -2.46. The number of para-hydroxylation sites is 1. The van der Waals surface area contributed by atoms with Crippen LogP contribution >= 0.6 is 0 Å². The van der Waals surface area contributed by atoms with Gasteiger partial charge in [-0.2, -0.15) is 5.10 Å². The van der Waals surface area contributed by atoms with E-state index in [0.29, 0.717) is 12.1 Å². The Bertz CT molecular complexity index is 676. The van der Waals surface area contributed by atoms with Crippen LogP contribution in [0.5, 0.6) is 0 Å². The molecule has 6 nitrogen and oxygen atoms in total. The number of nitrogens with one attached hydrogen (secondary N) is 1. The number of nitrogens with zero attached hydrogens (tertiary/aromatic N) is 3. The lowest BCUT2D eigenvalue weighted by atomic mass is 10.2. The first-order chi connectivity index (χ1) is 12.1. The van der Waals surface area contributed by atoms with Crippen LogP contribution in [0.2, 0.25) is 0 Å². The Kier molecular flexibility index (Phi) is 5.83. The first-order valence-electron chi connectivity index (χ1n) is 8.88. The van der Waals surface area contributed by atoms with Gasteiger partial charge in [-0.1, -0.05) is 18.2 Å². The van der Waals surface area contributed by atoms with E-state index in [9.17, 15) is 4.79 Å². The molecule has 2 aromatic rings. The summed E-state index contributed by atoms with van der Waals surface area (Å²) in [7, 11) is 0. The number of aromatic nitrogens is 2. The normalized spacial score (nSPS) is 21.2. The summed E-state index contributed by atoms with van der Waals surface area (Å²) in [4.78, 5) is 14.6. The smallest absolute Gasteiger partial charge is 0.254 e. The molecule has 2 atom stereocenters. The number of ether oxygens (including phenoxy) is 1. The average Bonchev–Trinajstić information content (AvgIpc) is 3.09. The van der Waals surface area contributed by atoms with Crippen LogP contribution in [-0.2, 0) is 4.74 Å². The number of carbonyl (C=O) groups excluding carboxylic acids is 1. The molecule has 1 aromatic carbocycles. The summed E-state index contributed by atoms with van der Waals surface area (Å²) >= 11 is 0. The van der Waals surface area contributed by atoms with Gasteiger partial charge in [-0.05, 0) is 32.4 Å². The molecule has 6 heteroatoms. The Labute approximate surface area is 148 Å². The first-order valence-corrected chi connectivity index (χ1v) is 8.88. The minimum absolute atomic E-state index is 0.0779. The zero-order chi connectivity index (χ0) is 17.6. The van der Waals surface area contributed by atoms with Crippen LogP contribution in [-0.4, -0.2) is 59.0 Å². The van der Waals surface area contributed by atoms with Gasteiger partial charge in [-0.3, -0.25) is 9.69 Å². The van der Waals surface area contributed by atoms with Crippen molar-refractivity contribution in [3.05, 3.63) is 48.3 Å². The molecule has 0 aliphatic carbocycles. The van der Waals surface area contributed by atoms with Crippen molar-refractivity contribution in [3.8, 4) is 5.69 Å². The summed E-state index contributed by atoms with van der Waals surface area (Å²) in [6.45, 7) is 7.77. The molecule has 0 saturated carbocycles. The van der Waals surface area contributed by atoms with Crippen LogP contribution in [0.1, 0.15) is 30.6 Å². The topological polar surface area (TPSA) is 59.4 Å². The molecule has 1 N–H and O–H groups in total. The highest BCUT2D eigenvalue weighted by molar-refractivity contribution is 5.93.